The van der Waals surface area contributed by atoms with Gasteiger partial charge in [-0.05, 0) is 81.0 Å². The molecule has 53 heavy (non-hydrogen) atoms. The van der Waals surface area contributed by atoms with Crippen LogP contribution >= 0.6 is 11.6 Å². The minimum absolute atomic E-state index is 0.114. The Bertz CT molecular complexity index is 1920. The highest BCUT2D eigenvalue weighted by Crippen LogP contribution is 2.40. The van der Waals surface area contributed by atoms with Gasteiger partial charge in [-0.1, -0.05) is 48.9 Å². The van der Waals surface area contributed by atoms with Crippen LogP contribution in [0.3, 0.4) is 0 Å². The topological polar surface area (TPSA) is 195 Å². The van der Waals surface area contributed by atoms with Gasteiger partial charge in [0.15, 0.2) is 0 Å². The van der Waals surface area contributed by atoms with E-state index in [0.717, 1.165) is 5.57 Å². The van der Waals surface area contributed by atoms with Crippen molar-refractivity contribution >= 4 is 41.0 Å². The predicted octanol–water partition coefficient (Wildman–Crippen LogP) is 6.03. The standard InChI is InChI=1S/C27H30ClF3N6O3.C9H9NO3/c1-3-33-21(25(38)39)12-16-4-6-17(7-5-16)20-14-23(35-26(32)34-20)40-24(27(29,30)31)19-9-8-18(28)13-22(19)37-11-10-15(2)36-37;11-8(12)6-10-9(13)7-4-2-1-3-5-7/h6,8-11,13-14,16,21,24,33H,3-5,7,12H2,1-2H3,(H,38,39)(H2,32,34,35);1-5H,6H2,(H,10,13)(H,11,12)/t16?,21-,24+;/m0./s1. The fourth-order valence-corrected chi connectivity index (χ4v) is 5.78. The number of anilines is 1. The van der Waals surface area contributed by atoms with Crippen molar-refractivity contribution < 1.29 is 42.5 Å². The maximum absolute atomic E-state index is 14.4. The van der Waals surface area contributed by atoms with E-state index < -0.39 is 30.3 Å². The van der Waals surface area contributed by atoms with Gasteiger partial charge in [-0.2, -0.15) is 23.3 Å². The number of aromatic nitrogens is 4. The maximum Gasteiger partial charge on any atom is 0.429 e. The maximum atomic E-state index is 14.4. The summed E-state index contributed by atoms with van der Waals surface area (Å²) in [6.07, 6.45) is -1.41. The van der Waals surface area contributed by atoms with E-state index in [-0.39, 0.29) is 46.5 Å². The summed E-state index contributed by atoms with van der Waals surface area (Å²) >= 11 is 6.11. The molecule has 2 aromatic heterocycles. The third-order valence-electron chi connectivity index (χ3n) is 8.10. The van der Waals surface area contributed by atoms with E-state index in [1.165, 1.54) is 28.9 Å². The Hall–Kier alpha value is -5.48. The van der Waals surface area contributed by atoms with Crippen molar-refractivity contribution in [2.24, 2.45) is 5.92 Å². The number of carboxylic acid groups (broad SMARTS) is 2. The molecule has 282 valence electrons. The molecule has 0 radical (unpaired) electrons. The van der Waals surface area contributed by atoms with E-state index in [2.05, 4.69) is 25.7 Å². The highest BCUT2D eigenvalue weighted by Gasteiger charge is 2.45. The van der Waals surface area contributed by atoms with Gasteiger partial charge in [0.25, 0.3) is 5.91 Å². The number of nitrogens with zero attached hydrogens (tertiary/aromatic N) is 4. The minimum atomic E-state index is -4.81. The number of nitrogens with one attached hydrogen (secondary N) is 2. The van der Waals surface area contributed by atoms with E-state index in [1.807, 2.05) is 13.0 Å². The molecular weight excluding hydrogens is 719 g/mol. The molecule has 5 rings (SSSR count). The molecule has 1 aliphatic rings. The molecule has 0 saturated heterocycles. The number of alkyl halides is 3. The summed E-state index contributed by atoms with van der Waals surface area (Å²) < 4.78 is 49.9. The van der Waals surface area contributed by atoms with Crippen LogP contribution in [0.1, 0.15) is 66.0 Å². The Balaban J connectivity index is 0.000000407. The number of carboxylic acids is 2. The summed E-state index contributed by atoms with van der Waals surface area (Å²) in [5.74, 6) is -2.74. The lowest BCUT2D eigenvalue weighted by molar-refractivity contribution is -0.198. The van der Waals surface area contributed by atoms with Crippen molar-refractivity contribution in [1.29, 1.82) is 0 Å². The molecular formula is C36H39ClF3N7O6. The Morgan fingerprint density at radius 2 is 1.83 bits per heavy atom. The van der Waals surface area contributed by atoms with Crippen LogP contribution in [0.4, 0.5) is 19.1 Å². The lowest BCUT2D eigenvalue weighted by atomic mass is 9.84. The number of benzene rings is 2. The monoisotopic (exact) mass is 757 g/mol. The van der Waals surface area contributed by atoms with Gasteiger partial charge in [0.05, 0.1) is 17.1 Å². The fraction of sp³-hybridized carbons (Fsp3) is 0.333. The number of likely N-dealkylation sites (N-methyl/N-ethyl adjacent to an activating group) is 1. The van der Waals surface area contributed by atoms with Crippen LogP contribution in [0.15, 0.2) is 72.9 Å². The lowest BCUT2D eigenvalue weighted by Gasteiger charge is -2.26. The molecule has 13 nitrogen and oxygen atoms in total. The molecule has 1 amide bonds. The van der Waals surface area contributed by atoms with Gasteiger partial charge in [-0.25, -0.2) is 9.67 Å². The zero-order chi connectivity index (χ0) is 38.7. The number of allylic oxidation sites excluding steroid dienone is 2. The van der Waals surface area contributed by atoms with E-state index >= 15 is 0 Å². The van der Waals surface area contributed by atoms with Gasteiger partial charge in [-0.15, -0.1) is 0 Å². The van der Waals surface area contributed by atoms with Crippen LogP contribution in [0.25, 0.3) is 11.3 Å². The number of aryl methyl sites for hydroxylation is 1. The molecule has 6 N–H and O–H groups in total. The van der Waals surface area contributed by atoms with E-state index in [4.69, 9.17) is 27.2 Å². The smallest absolute Gasteiger partial charge is 0.429 e. The highest BCUT2D eigenvalue weighted by molar-refractivity contribution is 6.30. The van der Waals surface area contributed by atoms with Crippen LogP contribution in [0.5, 0.6) is 5.88 Å². The number of nitrogens with two attached hydrogens (primary N) is 1. The zero-order valence-corrected chi connectivity index (χ0v) is 29.6. The Morgan fingerprint density at radius 3 is 2.42 bits per heavy atom. The number of rotatable bonds is 13. The van der Waals surface area contributed by atoms with Crippen molar-refractivity contribution in [2.45, 2.75) is 57.9 Å². The fourth-order valence-electron chi connectivity index (χ4n) is 5.62. The number of hydrogen-bond donors (Lipinski definition) is 5. The lowest BCUT2D eigenvalue weighted by Crippen LogP contribution is -2.38. The summed E-state index contributed by atoms with van der Waals surface area (Å²) in [5.41, 5.74) is 8.02. The summed E-state index contributed by atoms with van der Waals surface area (Å²) in [5, 5.41) is 27.4. The Labute approximate surface area is 308 Å². The normalized spacial score (nSPS) is 15.3. The second-order valence-corrected chi connectivity index (χ2v) is 12.5. The molecule has 0 fully saturated rings. The molecule has 1 unspecified atom stereocenters. The van der Waals surface area contributed by atoms with Crippen molar-refractivity contribution in [3.05, 3.63) is 100 Å². The van der Waals surface area contributed by atoms with Crippen molar-refractivity contribution in [3.63, 3.8) is 0 Å². The molecule has 17 heteroatoms. The van der Waals surface area contributed by atoms with Crippen LogP contribution in [0, 0.1) is 12.8 Å². The van der Waals surface area contributed by atoms with Gasteiger partial charge in [0, 0.05) is 28.4 Å². The van der Waals surface area contributed by atoms with E-state index in [1.54, 1.807) is 49.5 Å². The molecule has 4 aromatic rings. The molecule has 1 aliphatic carbocycles. The predicted molar refractivity (Wildman–Crippen MR) is 191 cm³/mol. The zero-order valence-electron chi connectivity index (χ0n) is 28.8. The number of ether oxygens (including phenoxy) is 1. The molecule has 0 bridgehead atoms. The summed E-state index contributed by atoms with van der Waals surface area (Å²) in [4.78, 5) is 40.9. The first kappa shape index (κ1) is 40.3. The van der Waals surface area contributed by atoms with Gasteiger partial charge < -0.3 is 31.3 Å². The van der Waals surface area contributed by atoms with Crippen molar-refractivity contribution in [1.82, 2.24) is 30.4 Å². The molecule has 2 aromatic carbocycles. The quantitative estimate of drug-likeness (QED) is 0.107. The largest absolute Gasteiger partial charge is 0.480 e. The second-order valence-electron chi connectivity index (χ2n) is 12.1. The Kier molecular flexibility index (Phi) is 13.9. The van der Waals surface area contributed by atoms with Crippen molar-refractivity contribution in [2.75, 3.05) is 18.8 Å². The third-order valence-corrected chi connectivity index (χ3v) is 8.34. The van der Waals surface area contributed by atoms with Crippen molar-refractivity contribution in [3.8, 4) is 11.6 Å². The molecule has 2 heterocycles. The summed E-state index contributed by atoms with van der Waals surface area (Å²) in [6.45, 7) is 3.77. The van der Waals surface area contributed by atoms with Crippen LogP contribution in [0.2, 0.25) is 5.02 Å². The van der Waals surface area contributed by atoms with Crippen LogP contribution in [-0.4, -0.2) is 73.1 Å². The number of amides is 1. The molecule has 3 atom stereocenters. The van der Waals surface area contributed by atoms with Crippen LogP contribution < -0.4 is 21.1 Å². The first-order chi connectivity index (χ1) is 25.1. The number of hydrogen-bond acceptors (Lipinski definition) is 9. The highest BCUT2D eigenvalue weighted by atomic mass is 35.5. The van der Waals surface area contributed by atoms with Gasteiger partial charge in [0.2, 0.25) is 17.9 Å². The first-order valence-electron chi connectivity index (χ1n) is 16.5. The van der Waals surface area contributed by atoms with Crippen LogP contribution in [-0.2, 0) is 9.59 Å². The first-order valence-corrected chi connectivity index (χ1v) is 16.9. The van der Waals surface area contributed by atoms with E-state index in [0.29, 0.717) is 49.2 Å². The number of carbonyl (C=O) groups excluding carboxylic acids is 1. The number of aliphatic carboxylic acids is 2. The molecule has 0 saturated carbocycles. The Morgan fingerprint density at radius 1 is 1.09 bits per heavy atom. The third kappa shape index (κ3) is 11.8. The molecule has 0 aliphatic heterocycles. The van der Waals surface area contributed by atoms with E-state index in [9.17, 15) is 32.7 Å². The average molecular weight is 758 g/mol. The van der Waals surface area contributed by atoms with Gasteiger partial charge >= 0.3 is 18.1 Å². The molecule has 0 spiro atoms. The van der Waals surface area contributed by atoms with Gasteiger partial charge in [-0.3, -0.25) is 14.4 Å². The number of carbonyl (C=O) groups is 3. The minimum Gasteiger partial charge on any atom is -0.480 e. The number of nitrogen functional groups attached to an aromatic ring is 1. The average Bonchev–Trinajstić information content (AvgIpc) is 3.55. The SMILES string of the molecule is CCN[C@@H](CC1CC=C(c2cc(O[C@H](c3ccc(Cl)cc3-n3ccc(C)n3)C(F)(F)F)nc(N)n2)CC1)C(=O)O.O=C(O)CNC(=O)c1ccccc1. The van der Waals surface area contributed by atoms with Gasteiger partial charge in [0.1, 0.15) is 12.6 Å². The second kappa shape index (κ2) is 18.3. The number of halogens is 4. The summed E-state index contributed by atoms with van der Waals surface area (Å²) in [6, 6.07) is 14.8. The summed E-state index contributed by atoms with van der Waals surface area (Å²) in [7, 11) is 0.